The lowest BCUT2D eigenvalue weighted by atomic mass is 9.97. The predicted octanol–water partition coefficient (Wildman–Crippen LogP) is 5.92. The molecule has 0 aliphatic carbocycles. The van der Waals surface area contributed by atoms with E-state index in [9.17, 15) is 9.59 Å². The van der Waals surface area contributed by atoms with E-state index in [1.165, 1.54) is 5.56 Å². The van der Waals surface area contributed by atoms with E-state index < -0.39 is 0 Å². The zero-order chi connectivity index (χ0) is 30.9. The fraction of sp³-hybridized carbons (Fsp3) is 0.257. The van der Waals surface area contributed by atoms with Crippen molar-refractivity contribution in [2.45, 2.75) is 32.4 Å². The van der Waals surface area contributed by atoms with Crippen molar-refractivity contribution in [3.05, 3.63) is 101 Å². The lowest BCUT2D eigenvalue weighted by molar-refractivity contribution is 0.180. The summed E-state index contributed by atoms with van der Waals surface area (Å²) in [5.41, 5.74) is 7.67. The molecule has 1 aliphatic rings. The SMILES string of the molecule is CCNC(=O)Nc1nn(C)c2nc(-c3ccc(CN4CCC(n5c(=O)[nH]c6ccccc65)CC4)cc3)c(-c3ccccc3)cc12. The van der Waals surface area contributed by atoms with Gasteiger partial charge in [0.15, 0.2) is 11.5 Å². The van der Waals surface area contributed by atoms with Gasteiger partial charge in [0, 0.05) is 50.4 Å². The van der Waals surface area contributed by atoms with Crippen LogP contribution in [0.15, 0.2) is 89.7 Å². The summed E-state index contributed by atoms with van der Waals surface area (Å²) in [6, 6.07) is 28.7. The molecular weight excluding hydrogens is 564 g/mol. The van der Waals surface area contributed by atoms with E-state index in [0.717, 1.165) is 71.3 Å². The number of pyridine rings is 1. The third-order valence-corrected chi connectivity index (χ3v) is 8.65. The normalized spacial score (nSPS) is 14.3. The number of benzene rings is 3. The largest absolute Gasteiger partial charge is 0.338 e. The molecular formula is C35H36N8O2. The number of H-pyrrole nitrogens is 1. The van der Waals surface area contributed by atoms with Crippen LogP contribution in [0.5, 0.6) is 0 Å². The van der Waals surface area contributed by atoms with Gasteiger partial charge in [0.05, 0.1) is 22.1 Å². The van der Waals surface area contributed by atoms with Crippen molar-refractivity contribution in [2.75, 3.05) is 25.0 Å². The van der Waals surface area contributed by atoms with Crippen LogP contribution in [-0.4, -0.2) is 54.9 Å². The van der Waals surface area contributed by atoms with Crippen molar-refractivity contribution in [3.63, 3.8) is 0 Å². The Morgan fingerprint density at radius 1 is 0.956 bits per heavy atom. The number of para-hydroxylation sites is 2. The summed E-state index contributed by atoms with van der Waals surface area (Å²) in [5.74, 6) is 0.475. The second kappa shape index (κ2) is 12.0. The molecule has 0 spiro atoms. The average molecular weight is 601 g/mol. The van der Waals surface area contributed by atoms with E-state index in [2.05, 4.69) is 68.1 Å². The van der Waals surface area contributed by atoms with Gasteiger partial charge in [-0.25, -0.2) is 19.3 Å². The number of carbonyl (C=O) groups excluding carboxylic acids is 1. The highest BCUT2D eigenvalue weighted by atomic mass is 16.2. The van der Waals surface area contributed by atoms with E-state index in [4.69, 9.17) is 4.98 Å². The number of aromatic amines is 1. The predicted molar refractivity (Wildman–Crippen MR) is 178 cm³/mol. The summed E-state index contributed by atoms with van der Waals surface area (Å²) in [5, 5.41) is 11.0. The first kappa shape index (κ1) is 28.5. The van der Waals surface area contributed by atoms with Crippen LogP contribution in [0.4, 0.5) is 10.6 Å². The van der Waals surface area contributed by atoms with Gasteiger partial charge in [-0.3, -0.25) is 14.8 Å². The molecule has 4 heterocycles. The first-order chi connectivity index (χ1) is 22.0. The Labute approximate surface area is 260 Å². The molecule has 1 fully saturated rings. The van der Waals surface area contributed by atoms with Gasteiger partial charge in [0.25, 0.3) is 0 Å². The molecule has 0 atom stereocenters. The molecule has 0 unspecified atom stereocenters. The Morgan fingerprint density at radius 3 is 2.44 bits per heavy atom. The number of carbonyl (C=O) groups is 1. The Bertz CT molecular complexity index is 2030. The molecule has 2 amide bonds. The minimum absolute atomic E-state index is 0.0208. The molecule has 1 saturated heterocycles. The standard InChI is InChI=1S/C35H36N8O2/c1-3-36-34(44)39-32-28-21-27(24-9-5-4-6-10-24)31(38-33(28)41(2)40-32)25-15-13-23(14-16-25)22-42-19-17-26(18-20-42)43-30-12-8-7-11-29(30)37-35(43)45/h4-16,21,26H,3,17-20,22H2,1-2H3,(H,37,45)(H2,36,39,40,44). The lowest BCUT2D eigenvalue weighted by Gasteiger charge is -2.32. The zero-order valence-corrected chi connectivity index (χ0v) is 25.5. The van der Waals surface area contributed by atoms with Gasteiger partial charge in [-0.2, -0.15) is 5.10 Å². The van der Waals surface area contributed by atoms with Gasteiger partial charge < -0.3 is 10.3 Å². The minimum Gasteiger partial charge on any atom is -0.338 e. The maximum atomic E-state index is 12.7. The summed E-state index contributed by atoms with van der Waals surface area (Å²) in [6.07, 6.45) is 1.87. The van der Waals surface area contributed by atoms with Crippen molar-refractivity contribution in [1.29, 1.82) is 0 Å². The fourth-order valence-corrected chi connectivity index (χ4v) is 6.44. The Morgan fingerprint density at radius 2 is 1.69 bits per heavy atom. The van der Waals surface area contributed by atoms with Crippen molar-refractivity contribution in [2.24, 2.45) is 7.05 Å². The number of likely N-dealkylation sites (tertiary alicyclic amines) is 1. The third-order valence-electron chi connectivity index (χ3n) is 8.65. The van der Waals surface area contributed by atoms with E-state index in [-0.39, 0.29) is 17.8 Å². The van der Waals surface area contributed by atoms with Crippen LogP contribution < -0.4 is 16.3 Å². The van der Waals surface area contributed by atoms with Crippen LogP contribution in [0.1, 0.15) is 31.4 Å². The summed E-state index contributed by atoms with van der Waals surface area (Å²) in [6.45, 7) is 5.11. The molecule has 10 nitrogen and oxygen atoms in total. The molecule has 0 radical (unpaired) electrons. The van der Waals surface area contributed by atoms with E-state index in [1.54, 1.807) is 4.68 Å². The number of hydrogen-bond donors (Lipinski definition) is 3. The summed E-state index contributed by atoms with van der Waals surface area (Å²) in [7, 11) is 1.84. The molecule has 1 aliphatic heterocycles. The monoisotopic (exact) mass is 600 g/mol. The molecule has 0 bridgehead atoms. The number of aromatic nitrogens is 5. The van der Waals surface area contributed by atoms with Crippen molar-refractivity contribution in [3.8, 4) is 22.4 Å². The fourth-order valence-electron chi connectivity index (χ4n) is 6.44. The first-order valence-electron chi connectivity index (χ1n) is 15.5. The first-order valence-corrected chi connectivity index (χ1v) is 15.5. The molecule has 3 aromatic heterocycles. The number of nitrogens with zero attached hydrogens (tertiary/aromatic N) is 5. The second-order valence-electron chi connectivity index (χ2n) is 11.6. The minimum atomic E-state index is -0.297. The van der Waals surface area contributed by atoms with E-state index in [0.29, 0.717) is 18.0 Å². The van der Waals surface area contributed by atoms with Crippen LogP contribution in [0.25, 0.3) is 44.5 Å². The van der Waals surface area contributed by atoms with Gasteiger partial charge in [-0.15, -0.1) is 0 Å². The van der Waals surface area contributed by atoms with Crippen LogP contribution in [-0.2, 0) is 13.6 Å². The molecule has 7 rings (SSSR count). The number of fused-ring (bicyclic) bond motifs is 2. The van der Waals surface area contributed by atoms with Crippen LogP contribution >= 0.6 is 0 Å². The highest BCUT2D eigenvalue weighted by Crippen LogP contribution is 2.36. The molecule has 6 aromatic rings. The number of amides is 2. The van der Waals surface area contributed by atoms with Gasteiger partial charge in [-0.1, -0.05) is 66.7 Å². The maximum absolute atomic E-state index is 12.7. The number of anilines is 1. The van der Waals surface area contributed by atoms with Gasteiger partial charge in [0.1, 0.15) is 0 Å². The van der Waals surface area contributed by atoms with E-state index in [1.807, 2.05) is 61.0 Å². The third kappa shape index (κ3) is 5.60. The lowest BCUT2D eigenvalue weighted by Crippen LogP contribution is -2.36. The topological polar surface area (TPSA) is 113 Å². The van der Waals surface area contributed by atoms with Crippen molar-refractivity contribution < 1.29 is 4.79 Å². The Hall–Kier alpha value is -5.22. The van der Waals surface area contributed by atoms with Crippen LogP contribution in [0.3, 0.4) is 0 Å². The average Bonchev–Trinajstić information content (AvgIpc) is 3.56. The van der Waals surface area contributed by atoms with Gasteiger partial charge in [0.2, 0.25) is 0 Å². The quantitative estimate of drug-likeness (QED) is 0.211. The van der Waals surface area contributed by atoms with Gasteiger partial charge in [-0.05, 0) is 49.1 Å². The summed E-state index contributed by atoms with van der Waals surface area (Å²) in [4.78, 5) is 35.6. The number of urea groups is 1. The summed E-state index contributed by atoms with van der Waals surface area (Å²) >= 11 is 0. The smallest absolute Gasteiger partial charge is 0.326 e. The van der Waals surface area contributed by atoms with E-state index >= 15 is 0 Å². The number of piperidine rings is 1. The summed E-state index contributed by atoms with van der Waals surface area (Å²) < 4.78 is 3.65. The zero-order valence-electron chi connectivity index (χ0n) is 25.5. The molecule has 45 heavy (non-hydrogen) atoms. The van der Waals surface area contributed by atoms with Gasteiger partial charge >= 0.3 is 11.7 Å². The second-order valence-corrected chi connectivity index (χ2v) is 11.6. The highest BCUT2D eigenvalue weighted by Gasteiger charge is 2.24. The number of hydrogen-bond acceptors (Lipinski definition) is 5. The Balaban J connectivity index is 1.12. The molecule has 228 valence electrons. The number of aryl methyl sites for hydroxylation is 1. The highest BCUT2D eigenvalue weighted by molar-refractivity contribution is 6.01. The number of imidazole rings is 1. The molecule has 10 heteroatoms. The maximum Gasteiger partial charge on any atom is 0.326 e. The molecule has 3 aromatic carbocycles. The molecule has 3 N–H and O–H groups in total. The van der Waals surface area contributed by atoms with Crippen molar-refractivity contribution in [1.82, 2.24) is 34.5 Å². The Kier molecular flexibility index (Phi) is 7.64. The van der Waals surface area contributed by atoms with Crippen LogP contribution in [0, 0.1) is 0 Å². The van der Waals surface area contributed by atoms with Crippen LogP contribution in [0.2, 0.25) is 0 Å². The number of rotatable bonds is 7. The molecule has 0 saturated carbocycles. The number of nitrogens with one attached hydrogen (secondary N) is 3. The van der Waals surface area contributed by atoms with Crippen molar-refractivity contribution >= 4 is 33.9 Å².